The number of benzene rings is 1. The van der Waals surface area contributed by atoms with Crippen LogP contribution >= 0.6 is 11.3 Å². The number of fused-ring (bicyclic) bond motifs is 1. The van der Waals surface area contributed by atoms with Crippen molar-refractivity contribution in [3.63, 3.8) is 0 Å². The topological polar surface area (TPSA) is 71.1 Å². The van der Waals surface area contributed by atoms with Crippen molar-refractivity contribution in [2.75, 3.05) is 0 Å². The summed E-state index contributed by atoms with van der Waals surface area (Å²) in [6.45, 7) is 1.03. The van der Waals surface area contributed by atoms with E-state index in [1.807, 2.05) is 23.6 Å². The molecular weight excluding hydrogens is 334 g/mol. The zero-order valence-electron chi connectivity index (χ0n) is 14.0. The molecule has 0 radical (unpaired) electrons. The maximum absolute atomic E-state index is 13.1. The van der Waals surface area contributed by atoms with E-state index in [9.17, 15) is 9.59 Å². The number of thiazole rings is 1. The number of aromatic nitrogens is 1. The number of hydrogen-bond donors (Lipinski definition) is 2. The van der Waals surface area contributed by atoms with Gasteiger partial charge in [0.1, 0.15) is 10.4 Å². The normalized spacial score (nSPS) is 18.5. The van der Waals surface area contributed by atoms with Crippen LogP contribution in [0.1, 0.15) is 58.6 Å². The average Bonchev–Trinajstić information content (AvgIpc) is 3.31. The van der Waals surface area contributed by atoms with Gasteiger partial charge in [0.05, 0.1) is 0 Å². The third-order valence-corrected chi connectivity index (χ3v) is 6.27. The molecular formula is C19H21N3O2S. The lowest BCUT2D eigenvalue weighted by atomic mass is 9.73. The number of rotatable bonds is 4. The smallest absolute Gasteiger partial charge is 0.251 e. The Morgan fingerprint density at radius 2 is 2.12 bits per heavy atom. The van der Waals surface area contributed by atoms with Crippen molar-refractivity contribution >= 4 is 23.2 Å². The third kappa shape index (κ3) is 2.95. The molecule has 1 aromatic heterocycles. The third-order valence-electron chi connectivity index (χ3n) is 5.29. The lowest BCUT2D eigenvalue weighted by Gasteiger charge is -2.34. The Hall–Kier alpha value is -2.21. The summed E-state index contributed by atoms with van der Waals surface area (Å²) < 4.78 is 0. The van der Waals surface area contributed by atoms with Crippen LogP contribution in [0.3, 0.4) is 0 Å². The van der Waals surface area contributed by atoms with Crippen LogP contribution in [-0.2, 0) is 23.3 Å². The quantitative estimate of drug-likeness (QED) is 0.886. The predicted octanol–water partition coefficient (Wildman–Crippen LogP) is 2.90. The number of nitrogens with zero attached hydrogens (tertiary/aromatic N) is 1. The molecule has 1 fully saturated rings. The largest absolute Gasteiger partial charge is 0.351 e. The van der Waals surface area contributed by atoms with Crippen molar-refractivity contribution in [1.29, 1.82) is 0 Å². The van der Waals surface area contributed by atoms with Gasteiger partial charge in [0.25, 0.3) is 5.91 Å². The number of nitrogens with one attached hydrogen (secondary N) is 2. The Bertz CT molecular complexity index is 795. The average molecular weight is 355 g/mol. The van der Waals surface area contributed by atoms with Crippen molar-refractivity contribution in [2.24, 2.45) is 0 Å². The van der Waals surface area contributed by atoms with E-state index in [2.05, 4.69) is 15.6 Å². The first-order valence-electron chi connectivity index (χ1n) is 8.77. The molecule has 1 aliphatic heterocycles. The molecule has 1 aliphatic carbocycles. The maximum atomic E-state index is 13.1. The van der Waals surface area contributed by atoms with Gasteiger partial charge in [-0.2, -0.15) is 0 Å². The highest BCUT2D eigenvalue weighted by Crippen LogP contribution is 2.40. The monoisotopic (exact) mass is 355 g/mol. The van der Waals surface area contributed by atoms with Gasteiger partial charge in [-0.05, 0) is 30.0 Å². The van der Waals surface area contributed by atoms with Crippen LogP contribution in [0.4, 0.5) is 0 Å². The minimum absolute atomic E-state index is 0.0327. The first-order valence-corrected chi connectivity index (χ1v) is 9.65. The minimum Gasteiger partial charge on any atom is -0.351 e. The molecule has 1 saturated carbocycles. The molecule has 130 valence electrons. The summed E-state index contributed by atoms with van der Waals surface area (Å²) in [5, 5.41) is 8.79. The molecule has 2 aromatic rings. The molecule has 0 saturated heterocycles. The van der Waals surface area contributed by atoms with Crippen LogP contribution in [-0.4, -0.2) is 16.8 Å². The van der Waals surface area contributed by atoms with Crippen molar-refractivity contribution in [2.45, 2.75) is 50.6 Å². The molecule has 6 heteroatoms. The molecule has 2 amide bonds. The van der Waals surface area contributed by atoms with E-state index < -0.39 is 5.41 Å². The van der Waals surface area contributed by atoms with Gasteiger partial charge in [-0.3, -0.25) is 9.59 Å². The summed E-state index contributed by atoms with van der Waals surface area (Å²) in [6.07, 6.45) is 6.80. The fourth-order valence-corrected chi connectivity index (χ4v) is 4.77. The second-order valence-electron chi connectivity index (χ2n) is 6.84. The standard InChI is InChI=1S/C19H21N3O2S/c23-16-15-10-13(4-5-14(15)12-21-16)11-22-17(24)19(6-2-1-3-7-19)18-20-8-9-25-18/h4-5,8-10H,1-3,6-7,11-12H2,(H,21,23)(H,22,24). The predicted molar refractivity (Wildman–Crippen MR) is 96.3 cm³/mol. The zero-order valence-corrected chi connectivity index (χ0v) is 14.8. The lowest BCUT2D eigenvalue weighted by molar-refractivity contribution is -0.128. The second kappa shape index (κ2) is 6.59. The number of hydrogen-bond acceptors (Lipinski definition) is 4. The molecule has 0 atom stereocenters. The summed E-state index contributed by atoms with van der Waals surface area (Å²) in [5.74, 6) is 0.0295. The lowest BCUT2D eigenvalue weighted by Crippen LogP contribution is -2.45. The number of carbonyl (C=O) groups is 2. The maximum Gasteiger partial charge on any atom is 0.251 e. The van der Waals surface area contributed by atoms with Crippen LogP contribution in [0.15, 0.2) is 29.8 Å². The SMILES string of the molecule is O=C1NCc2ccc(CNC(=O)C3(c4nccs4)CCCCC3)cc21. The molecule has 2 aliphatic rings. The van der Waals surface area contributed by atoms with Crippen LogP contribution in [0, 0.1) is 0 Å². The van der Waals surface area contributed by atoms with E-state index >= 15 is 0 Å². The van der Waals surface area contributed by atoms with Crippen molar-refractivity contribution in [3.8, 4) is 0 Å². The first-order chi connectivity index (χ1) is 12.2. The molecule has 0 unspecified atom stereocenters. The highest BCUT2D eigenvalue weighted by atomic mass is 32.1. The van der Waals surface area contributed by atoms with Gasteiger partial charge in [-0.15, -0.1) is 11.3 Å². The summed E-state index contributed by atoms with van der Waals surface area (Å²) in [7, 11) is 0. The molecule has 2 N–H and O–H groups in total. The molecule has 4 rings (SSSR count). The van der Waals surface area contributed by atoms with Gasteiger partial charge in [0.15, 0.2) is 0 Å². The van der Waals surface area contributed by atoms with Gasteiger partial charge in [0, 0.05) is 30.2 Å². The highest BCUT2D eigenvalue weighted by Gasteiger charge is 2.43. The first kappa shape index (κ1) is 16.3. The summed E-state index contributed by atoms with van der Waals surface area (Å²) in [4.78, 5) is 29.3. The molecule has 25 heavy (non-hydrogen) atoms. The van der Waals surface area contributed by atoms with E-state index in [0.717, 1.165) is 47.4 Å². The summed E-state index contributed by atoms with van der Waals surface area (Å²) in [5.41, 5.74) is 2.21. The van der Waals surface area contributed by atoms with Gasteiger partial charge in [-0.25, -0.2) is 4.98 Å². The molecule has 5 nitrogen and oxygen atoms in total. The van der Waals surface area contributed by atoms with Crippen molar-refractivity contribution < 1.29 is 9.59 Å². The summed E-state index contributed by atoms with van der Waals surface area (Å²) >= 11 is 1.57. The number of amides is 2. The second-order valence-corrected chi connectivity index (χ2v) is 7.73. The van der Waals surface area contributed by atoms with Gasteiger partial charge in [0.2, 0.25) is 5.91 Å². The van der Waals surface area contributed by atoms with Crippen LogP contribution in [0.25, 0.3) is 0 Å². The number of carbonyl (C=O) groups excluding carboxylic acids is 2. The van der Waals surface area contributed by atoms with Gasteiger partial charge < -0.3 is 10.6 Å². The molecule has 0 bridgehead atoms. The Morgan fingerprint density at radius 3 is 2.88 bits per heavy atom. The van der Waals surface area contributed by atoms with Crippen LogP contribution in [0.5, 0.6) is 0 Å². The Labute approximate surface area is 150 Å². The van der Waals surface area contributed by atoms with Crippen LogP contribution in [0.2, 0.25) is 0 Å². The van der Waals surface area contributed by atoms with E-state index in [-0.39, 0.29) is 11.8 Å². The fourth-order valence-electron chi connectivity index (χ4n) is 3.87. The molecule has 0 spiro atoms. The van der Waals surface area contributed by atoms with Gasteiger partial charge in [-0.1, -0.05) is 31.4 Å². The van der Waals surface area contributed by atoms with E-state index in [0.29, 0.717) is 13.1 Å². The minimum atomic E-state index is -0.486. The summed E-state index contributed by atoms with van der Waals surface area (Å²) in [6, 6.07) is 5.83. The van der Waals surface area contributed by atoms with E-state index in [1.54, 1.807) is 17.5 Å². The Balaban J connectivity index is 1.51. The van der Waals surface area contributed by atoms with Crippen LogP contribution < -0.4 is 10.6 Å². The molecule has 1 aromatic carbocycles. The van der Waals surface area contributed by atoms with Gasteiger partial charge >= 0.3 is 0 Å². The van der Waals surface area contributed by atoms with Crippen molar-refractivity contribution in [1.82, 2.24) is 15.6 Å². The highest BCUT2D eigenvalue weighted by molar-refractivity contribution is 7.09. The Morgan fingerprint density at radius 1 is 1.28 bits per heavy atom. The van der Waals surface area contributed by atoms with Crippen molar-refractivity contribution in [3.05, 3.63) is 51.5 Å². The zero-order chi connectivity index (χ0) is 17.3. The van der Waals surface area contributed by atoms with E-state index in [4.69, 9.17) is 0 Å². The molecule has 2 heterocycles. The fraction of sp³-hybridized carbons (Fsp3) is 0.421. The Kier molecular flexibility index (Phi) is 4.29. The van der Waals surface area contributed by atoms with E-state index in [1.165, 1.54) is 6.42 Å².